The largest absolute Gasteiger partial charge is 0.394 e. The van der Waals surface area contributed by atoms with Crippen LogP contribution in [0.15, 0.2) is 29.2 Å². The van der Waals surface area contributed by atoms with Gasteiger partial charge in [0.1, 0.15) is 0 Å². The van der Waals surface area contributed by atoms with Crippen LogP contribution in [-0.4, -0.2) is 78.6 Å². The van der Waals surface area contributed by atoms with Gasteiger partial charge in [0, 0.05) is 13.2 Å². The third kappa shape index (κ3) is 18.1. The molecular formula is C18H34O8S. The van der Waals surface area contributed by atoms with E-state index in [0.29, 0.717) is 26.4 Å². The van der Waals surface area contributed by atoms with Gasteiger partial charge in [0.15, 0.2) is 0 Å². The number of ether oxygens (including phenoxy) is 3. The van der Waals surface area contributed by atoms with Crippen LogP contribution in [0.5, 0.6) is 0 Å². The molecule has 1 aromatic rings. The van der Waals surface area contributed by atoms with E-state index in [-0.39, 0.29) is 18.1 Å². The zero-order valence-electron chi connectivity index (χ0n) is 16.7. The van der Waals surface area contributed by atoms with Gasteiger partial charge in [-0.05, 0) is 32.9 Å². The zero-order valence-corrected chi connectivity index (χ0v) is 17.5. The van der Waals surface area contributed by atoms with Crippen molar-refractivity contribution in [2.45, 2.75) is 25.7 Å². The first kappa shape index (κ1) is 28.1. The Morgan fingerprint density at radius 1 is 0.815 bits per heavy atom. The molecule has 0 aliphatic carbocycles. The van der Waals surface area contributed by atoms with Gasteiger partial charge in [-0.1, -0.05) is 17.7 Å². The first-order valence-electron chi connectivity index (χ1n) is 8.71. The monoisotopic (exact) mass is 410 g/mol. The topological polar surface area (TPSA) is 112 Å². The summed E-state index contributed by atoms with van der Waals surface area (Å²) in [5.74, 6) is 0. The lowest BCUT2D eigenvalue weighted by Crippen LogP contribution is -2.09. The predicted octanol–water partition coefficient (Wildman–Crippen LogP) is 1.38. The summed E-state index contributed by atoms with van der Waals surface area (Å²) >= 11 is 0. The Morgan fingerprint density at radius 3 is 1.56 bits per heavy atom. The molecule has 0 bridgehead atoms. The van der Waals surface area contributed by atoms with E-state index in [4.69, 9.17) is 24.4 Å². The van der Waals surface area contributed by atoms with E-state index in [9.17, 15) is 8.42 Å². The number of benzene rings is 1. The molecule has 0 aliphatic heterocycles. The van der Waals surface area contributed by atoms with E-state index in [1.807, 2.05) is 20.8 Å². The summed E-state index contributed by atoms with van der Waals surface area (Å²) in [6.45, 7) is 9.29. The highest BCUT2D eigenvalue weighted by molar-refractivity contribution is 7.86. The Bertz CT molecular complexity index is 507. The Hall–Kier alpha value is -1.07. The SMILES string of the molecule is CCOCC.COS(=O)(=O)c1ccc(C)cc1.OCCOCCOCCO. The number of hydrogen-bond acceptors (Lipinski definition) is 8. The molecule has 0 fully saturated rings. The molecule has 0 amide bonds. The molecule has 0 atom stereocenters. The minimum Gasteiger partial charge on any atom is -0.394 e. The molecule has 2 N–H and O–H groups in total. The summed E-state index contributed by atoms with van der Waals surface area (Å²) in [6, 6.07) is 6.50. The van der Waals surface area contributed by atoms with Crippen molar-refractivity contribution in [3.8, 4) is 0 Å². The van der Waals surface area contributed by atoms with E-state index < -0.39 is 10.1 Å². The maximum atomic E-state index is 11.1. The lowest BCUT2D eigenvalue weighted by molar-refractivity contribution is 0.0222. The molecule has 0 spiro atoms. The third-order valence-electron chi connectivity index (χ3n) is 2.78. The normalized spacial score (nSPS) is 10.4. The summed E-state index contributed by atoms with van der Waals surface area (Å²) in [7, 11) is -2.37. The van der Waals surface area contributed by atoms with Crippen LogP contribution in [0.4, 0.5) is 0 Å². The number of aryl methyl sites for hydroxylation is 1. The fraction of sp³-hybridized carbons (Fsp3) is 0.667. The Labute approximate surface area is 163 Å². The first-order valence-corrected chi connectivity index (χ1v) is 10.1. The lowest BCUT2D eigenvalue weighted by atomic mass is 10.2. The van der Waals surface area contributed by atoms with E-state index in [2.05, 4.69) is 4.18 Å². The lowest BCUT2D eigenvalue weighted by Gasteiger charge is -2.01. The first-order chi connectivity index (χ1) is 12.9. The molecule has 27 heavy (non-hydrogen) atoms. The second-order valence-electron chi connectivity index (χ2n) is 4.89. The van der Waals surface area contributed by atoms with Crippen LogP contribution < -0.4 is 0 Å². The number of aliphatic hydroxyl groups is 2. The fourth-order valence-electron chi connectivity index (χ4n) is 1.46. The molecular weight excluding hydrogens is 376 g/mol. The molecule has 0 heterocycles. The molecule has 0 saturated carbocycles. The van der Waals surface area contributed by atoms with Crippen molar-refractivity contribution in [3.63, 3.8) is 0 Å². The fourth-order valence-corrected chi connectivity index (χ4v) is 2.12. The van der Waals surface area contributed by atoms with E-state index >= 15 is 0 Å². The smallest absolute Gasteiger partial charge is 0.296 e. The van der Waals surface area contributed by atoms with Crippen molar-refractivity contribution >= 4 is 10.1 Å². The van der Waals surface area contributed by atoms with Crippen LogP contribution >= 0.6 is 0 Å². The van der Waals surface area contributed by atoms with Crippen molar-refractivity contribution in [2.24, 2.45) is 0 Å². The quantitative estimate of drug-likeness (QED) is 0.416. The van der Waals surface area contributed by atoms with Gasteiger partial charge < -0.3 is 24.4 Å². The molecule has 1 rings (SSSR count). The maximum absolute atomic E-state index is 11.1. The van der Waals surface area contributed by atoms with E-state index in [0.717, 1.165) is 25.9 Å². The summed E-state index contributed by atoms with van der Waals surface area (Å²) in [4.78, 5) is 0.190. The highest BCUT2D eigenvalue weighted by atomic mass is 32.2. The van der Waals surface area contributed by atoms with Crippen molar-refractivity contribution in [1.29, 1.82) is 0 Å². The van der Waals surface area contributed by atoms with Gasteiger partial charge in [-0.3, -0.25) is 4.18 Å². The zero-order chi connectivity index (χ0) is 21.0. The maximum Gasteiger partial charge on any atom is 0.296 e. The molecule has 0 aromatic heterocycles. The highest BCUT2D eigenvalue weighted by Crippen LogP contribution is 2.11. The van der Waals surface area contributed by atoms with Crippen molar-refractivity contribution < 1.29 is 37.0 Å². The van der Waals surface area contributed by atoms with Gasteiger partial charge in [0.2, 0.25) is 0 Å². The number of rotatable bonds is 11. The van der Waals surface area contributed by atoms with Crippen LogP contribution in [0.2, 0.25) is 0 Å². The van der Waals surface area contributed by atoms with Crippen molar-refractivity contribution in [3.05, 3.63) is 29.8 Å². The number of aliphatic hydroxyl groups excluding tert-OH is 2. The van der Waals surface area contributed by atoms with Crippen LogP contribution in [0, 0.1) is 6.92 Å². The van der Waals surface area contributed by atoms with Crippen LogP contribution in [0.1, 0.15) is 19.4 Å². The molecule has 0 radical (unpaired) electrons. The Balaban J connectivity index is 0. The van der Waals surface area contributed by atoms with Gasteiger partial charge in [-0.2, -0.15) is 8.42 Å². The van der Waals surface area contributed by atoms with Crippen molar-refractivity contribution in [1.82, 2.24) is 0 Å². The Morgan fingerprint density at radius 2 is 1.26 bits per heavy atom. The summed E-state index contributed by atoms with van der Waals surface area (Å²) in [5, 5.41) is 16.5. The third-order valence-corrected chi connectivity index (χ3v) is 4.07. The summed E-state index contributed by atoms with van der Waals surface area (Å²) in [6.07, 6.45) is 0. The van der Waals surface area contributed by atoms with Gasteiger partial charge in [0.05, 0.1) is 51.6 Å². The molecule has 0 saturated heterocycles. The van der Waals surface area contributed by atoms with Crippen LogP contribution in [0.3, 0.4) is 0 Å². The predicted molar refractivity (Wildman–Crippen MR) is 103 cm³/mol. The molecule has 9 heteroatoms. The standard InChI is InChI=1S/C8H10O3S.C6H14O4.C4H10O/c1-7-3-5-8(6-4-7)12(9,10)11-2;7-1-3-9-5-6-10-4-2-8;1-3-5-4-2/h3-6H,1-2H3;7-8H,1-6H2;3-4H2,1-2H3. The Kier molecular flexibility index (Phi) is 20.5. The van der Waals surface area contributed by atoms with Gasteiger partial charge in [-0.15, -0.1) is 0 Å². The highest BCUT2D eigenvalue weighted by Gasteiger charge is 2.11. The minimum atomic E-state index is -3.51. The molecule has 160 valence electrons. The second kappa shape index (κ2) is 19.7. The van der Waals surface area contributed by atoms with Crippen molar-refractivity contribution in [2.75, 3.05) is 60.0 Å². The average molecular weight is 411 g/mol. The van der Waals surface area contributed by atoms with Gasteiger partial charge in [0.25, 0.3) is 10.1 Å². The van der Waals surface area contributed by atoms with Crippen LogP contribution in [0.25, 0.3) is 0 Å². The molecule has 0 unspecified atom stereocenters. The average Bonchev–Trinajstić information content (AvgIpc) is 2.67. The minimum absolute atomic E-state index is 0.0417. The second-order valence-corrected chi connectivity index (χ2v) is 6.60. The molecule has 1 aromatic carbocycles. The van der Waals surface area contributed by atoms with E-state index in [1.165, 1.54) is 12.1 Å². The number of hydrogen-bond donors (Lipinski definition) is 2. The van der Waals surface area contributed by atoms with Gasteiger partial charge >= 0.3 is 0 Å². The van der Waals surface area contributed by atoms with Crippen LogP contribution in [-0.2, 0) is 28.5 Å². The van der Waals surface area contributed by atoms with Gasteiger partial charge in [-0.25, -0.2) is 0 Å². The van der Waals surface area contributed by atoms with E-state index in [1.54, 1.807) is 12.1 Å². The molecule has 0 aliphatic rings. The molecule has 8 nitrogen and oxygen atoms in total. The summed E-state index contributed by atoms with van der Waals surface area (Å²) < 4.78 is 41.1. The summed E-state index contributed by atoms with van der Waals surface area (Å²) in [5.41, 5.74) is 1.02.